The molecule has 0 aliphatic carbocycles. The van der Waals surface area contributed by atoms with Crippen LogP contribution in [0.5, 0.6) is 0 Å². The van der Waals surface area contributed by atoms with Gasteiger partial charge in [0, 0.05) is 0 Å². The molecular formula is C4H4N6Na2S4. The molecule has 0 aromatic rings. The third-order valence-corrected chi connectivity index (χ3v) is 1.64. The minimum absolute atomic E-state index is 0. The monoisotopic (exact) mass is 310 g/mol. The van der Waals surface area contributed by atoms with Crippen molar-refractivity contribution in [3.8, 4) is 10.8 Å². The Balaban J connectivity index is -0.0000000800. The molecule has 0 bridgehead atoms. The number of rotatable bonds is 2. The Labute approximate surface area is 158 Å². The van der Waals surface area contributed by atoms with E-state index in [0.717, 1.165) is 23.9 Å². The maximum Gasteiger partial charge on any atom is 1.00 e. The van der Waals surface area contributed by atoms with E-state index in [1.54, 1.807) is 10.8 Å². The van der Waals surface area contributed by atoms with Gasteiger partial charge in [0.2, 0.25) is 0 Å². The van der Waals surface area contributed by atoms with Crippen molar-refractivity contribution in [2.45, 2.75) is 0 Å². The molecule has 0 amide bonds. The largest absolute Gasteiger partial charge is 1.00 e. The topological polar surface area (TPSA) is 119 Å². The van der Waals surface area contributed by atoms with Gasteiger partial charge in [-0.2, -0.15) is 10.5 Å². The summed E-state index contributed by atoms with van der Waals surface area (Å²) in [6.07, 6.45) is 0. The second-order valence-electron chi connectivity index (χ2n) is 1.25. The first kappa shape index (κ1) is 25.8. The summed E-state index contributed by atoms with van der Waals surface area (Å²) in [6.45, 7) is 0. The second-order valence-corrected chi connectivity index (χ2v) is 3.25. The van der Waals surface area contributed by atoms with E-state index in [9.17, 15) is 0 Å². The summed E-state index contributed by atoms with van der Waals surface area (Å²) in [4.78, 5) is 0. The summed E-state index contributed by atoms with van der Waals surface area (Å²) in [6, 6.07) is 0. The minimum atomic E-state index is -0.119. The molecule has 0 aromatic heterocycles. The predicted molar refractivity (Wildman–Crippen MR) is 62.9 cm³/mol. The van der Waals surface area contributed by atoms with Crippen molar-refractivity contribution >= 4 is 59.5 Å². The van der Waals surface area contributed by atoms with Crippen LogP contribution >= 0.6 is 23.9 Å². The number of nitriles is 2. The van der Waals surface area contributed by atoms with E-state index in [1.807, 2.05) is 0 Å². The van der Waals surface area contributed by atoms with Crippen molar-refractivity contribution in [3.63, 3.8) is 0 Å². The Bertz CT molecular complexity index is 245. The third kappa shape index (κ3) is 36.3. The normalized spacial score (nSPS) is 5.88. The smallest absolute Gasteiger partial charge is 0.743 e. The first-order valence-electron chi connectivity index (χ1n) is 2.67. The molecule has 0 unspecified atom stereocenters. The molecule has 4 N–H and O–H groups in total. The zero-order chi connectivity index (χ0) is 11.4. The SMILES string of the molecule is N#CSNC(=N)[S-].N#CSNC(=N)[S-].[Na+].[Na+]. The average molecular weight is 310 g/mol. The van der Waals surface area contributed by atoms with Crippen LogP contribution in [0.2, 0.25) is 0 Å². The third-order valence-electron chi connectivity index (χ3n) is 0.379. The fraction of sp³-hybridized carbons (Fsp3) is 0. The van der Waals surface area contributed by atoms with E-state index >= 15 is 0 Å². The van der Waals surface area contributed by atoms with E-state index in [1.165, 1.54) is 0 Å². The molecule has 6 nitrogen and oxygen atoms in total. The number of thiocyanates is 2. The van der Waals surface area contributed by atoms with Crippen LogP contribution in [0.25, 0.3) is 0 Å². The molecule has 0 saturated heterocycles. The maximum atomic E-state index is 7.82. The first-order valence-corrected chi connectivity index (χ1v) is 5.12. The molecule has 0 heterocycles. The molecule has 76 valence electrons. The van der Waals surface area contributed by atoms with Crippen LogP contribution in [0.3, 0.4) is 0 Å². The van der Waals surface area contributed by atoms with Crippen molar-refractivity contribution in [1.29, 1.82) is 21.3 Å². The number of hydrogen-bond acceptors (Lipinski definition) is 8. The standard InChI is InChI=1S/2C2H3N3S2.2Na/c2*3-1-7-5-2(4)6;;/h2*(H3,4,5,6);;/q;;2*+1/p-2. The van der Waals surface area contributed by atoms with Crippen LogP contribution in [0.1, 0.15) is 0 Å². The summed E-state index contributed by atoms with van der Waals surface area (Å²) in [5.41, 5.74) is 0. The van der Waals surface area contributed by atoms with E-state index < -0.39 is 0 Å². The summed E-state index contributed by atoms with van der Waals surface area (Å²) >= 11 is 9.98. The fourth-order valence-corrected chi connectivity index (χ4v) is 0.665. The molecule has 0 aliphatic heterocycles. The van der Waals surface area contributed by atoms with Gasteiger partial charge in [-0.1, -0.05) is 0 Å². The van der Waals surface area contributed by atoms with Crippen LogP contribution in [-0.2, 0) is 25.3 Å². The first-order chi connectivity index (χ1) is 6.54. The van der Waals surface area contributed by atoms with E-state index in [4.69, 9.17) is 21.3 Å². The molecule has 0 rings (SSSR count). The fourth-order valence-electron chi connectivity index (χ4n) is 0.138. The number of hydrogen-bond donors (Lipinski definition) is 4. The summed E-state index contributed by atoms with van der Waals surface area (Å²) in [5.74, 6) is 0. The number of amidine groups is 2. The van der Waals surface area contributed by atoms with E-state index in [0.29, 0.717) is 0 Å². The van der Waals surface area contributed by atoms with Crippen LogP contribution in [0, 0.1) is 32.1 Å². The summed E-state index contributed by atoms with van der Waals surface area (Å²) < 4.78 is 4.50. The van der Waals surface area contributed by atoms with Gasteiger partial charge in [-0.05, 0) is 10.3 Å². The molecule has 0 saturated carbocycles. The molecule has 0 radical (unpaired) electrons. The Morgan fingerprint density at radius 1 is 0.938 bits per heavy atom. The molecule has 0 fully saturated rings. The zero-order valence-electron chi connectivity index (χ0n) is 8.53. The van der Waals surface area contributed by atoms with Crippen molar-refractivity contribution in [2.75, 3.05) is 0 Å². The van der Waals surface area contributed by atoms with Crippen molar-refractivity contribution in [2.24, 2.45) is 0 Å². The quantitative estimate of drug-likeness (QED) is 0.0995. The van der Waals surface area contributed by atoms with Crippen molar-refractivity contribution < 1.29 is 59.1 Å². The van der Waals surface area contributed by atoms with Gasteiger partial charge in [0.05, 0.1) is 23.9 Å². The van der Waals surface area contributed by atoms with Gasteiger partial charge in [-0.15, -0.1) is 0 Å². The Kier molecular flexibility index (Phi) is 34.4. The number of nitrogens with one attached hydrogen (secondary N) is 4. The summed E-state index contributed by atoms with van der Waals surface area (Å²) in [5, 5.41) is 31.9. The molecule has 12 heteroatoms. The van der Waals surface area contributed by atoms with Crippen LogP contribution < -0.4 is 68.6 Å². The Morgan fingerprint density at radius 2 is 1.19 bits per heavy atom. The van der Waals surface area contributed by atoms with Crippen molar-refractivity contribution in [1.82, 2.24) is 9.44 Å². The van der Waals surface area contributed by atoms with Crippen LogP contribution in [0.15, 0.2) is 0 Å². The van der Waals surface area contributed by atoms with E-state index in [-0.39, 0.29) is 69.4 Å². The summed E-state index contributed by atoms with van der Waals surface area (Å²) in [7, 11) is 0. The predicted octanol–water partition coefficient (Wildman–Crippen LogP) is -5.62. The molecule has 0 atom stereocenters. The van der Waals surface area contributed by atoms with E-state index in [2.05, 4.69) is 34.7 Å². The molecular weight excluding hydrogens is 306 g/mol. The number of nitrogens with zero attached hydrogens (tertiary/aromatic N) is 2. The molecule has 16 heavy (non-hydrogen) atoms. The van der Waals surface area contributed by atoms with Gasteiger partial charge in [0.25, 0.3) is 0 Å². The van der Waals surface area contributed by atoms with Crippen molar-refractivity contribution in [3.05, 3.63) is 0 Å². The van der Waals surface area contributed by atoms with Crippen LogP contribution in [0.4, 0.5) is 0 Å². The minimum Gasteiger partial charge on any atom is -0.743 e. The zero-order valence-corrected chi connectivity index (χ0v) is 15.8. The van der Waals surface area contributed by atoms with Gasteiger partial charge in [0.15, 0.2) is 10.8 Å². The maximum absolute atomic E-state index is 7.82. The Morgan fingerprint density at radius 3 is 1.25 bits per heavy atom. The van der Waals surface area contributed by atoms with Gasteiger partial charge >= 0.3 is 59.1 Å². The van der Waals surface area contributed by atoms with Gasteiger partial charge in [-0.25, -0.2) is 0 Å². The van der Waals surface area contributed by atoms with Gasteiger partial charge < -0.3 is 45.5 Å². The van der Waals surface area contributed by atoms with Crippen LogP contribution in [-0.4, -0.2) is 10.3 Å². The molecule has 0 aliphatic rings. The van der Waals surface area contributed by atoms with Gasteiger partial charge in [-0.3, -0.25) is 0 Å². The average Bonchev–Trinajstić information content (AvgIpc) is 2.12. The Hall–Kier alpha value is 1.06. The molecule has 0 aromatic carbocycles. The second kappa shape index (κ2) is 21.4. The molecule has 0 spiro atoms. The van der Waals surface area contributed by atoms with Gasteiger partial charge in [0.1, 0.15) is 0 Å².